The number of ether oxygens (including phenoxy) is 2. The van der Waals surface area contributed by atoms with Gasteiger partial charge in [-0.25, -0.2) is 53.1 Å². The smallest absolute Gasteiger partial charge is 1.00 e. The van der Waals surface area contributed by atoms with E-state index in [1.54, 1.807) is 134 Å². The van der Waals surface area contributed by atoms with Gasteiger partial charge < -0.3 is 47.7 Å². The molecule has 21 nitrogen and oxygen atoms in total. The number of aryl methyl sites for hydroxylation is 7. The minimum Gasteiger partial charge on any atom is -1.00 e. The average molecular weight is 2130 g/mol. The molecule has 12 rings (SSSR count). The molecular formula is C104H107BBrF11N7NaO14P3S. The van der Waals surface area contributed by atoms with Crippen LogP contribution in [0.25, 0.3) is 12.2 Å². The minimum absolute atomic E-state index is 0. The predicted octanol–water partition coefficient (Wildman–Crippen LogP) is 24.1. The number of nitriles is 6. The quantitative estimate of drug-likeness (QED) is 0.00803. The van der Waals surface area contributed by atoms with Gasteiger partial charge in [0.15, 0.2) is 5.78 Å². The number of benzene rings is 11. The number of nitrogens with zero attached hydrogens (tertiary/aromatic N) is 7. The Hall–Kier alpha value is -11.3. The number of halogens is 12. The molecule has 0 heterocycles. The maximum Gasteiger partial charge on any atom is 1.00 e. The summed E-state index contributed by atoms with van der Waals surface area (Å²) in [5, 5.41) is 61.5. The summed E-state index contributed by atoms with van der Waals surface area (Å²) >= 11 is 6.39. The number of alkyl halides is 1. The molecule has 0 saturated heterocycles. The topological polar surface area (TPSA) is 327 Å². The van der Waals surface area contributed by atoms with Crippen LogP contribution in [-0.4, -0.2) is 104 Å². The number of hydrogen-bond acceptors (Lipinski definition) is 21. The fraction of sp³-hybridized carbons (Fsp3) is 0.269. The van der Waals surface area contributed by atoms with Gasteiger partial charge in [-0.1, -0.05) is 113 Å². The summed E-state index contributed by atoms with van der Waals surface area (Å²) in [5.41, 5.74) is 10.7. The molecule has 39 heteroatoms. The van der Waals surface area contributed by atoms with E-state index in [0.717, 1.165) is 56.6 Å². The number of carbonyl (C=O) groups excluding carboxylic acids is 1. The molecule has 11 aromatic carbocycles. The van der Waals surface area contributed by atoms with Crippen molar-refractivity contribution in [1.82, 2.24) is 0 Å². The molecule has 0 amide bonds. The van der Waals surface area contributed by atoms with Crippen LogP contribution < -0.4 is 29.6 Å². The van der Waals surface area contributed by atoms with Crippen LogP contribution in [0.1, 0.15) is 165 Å². The zero-order chi connectivity index (χ0) is 106. The molecule has 0 saturated carbocycles. The van der Waals surface area contributed by atoms with E-state index in [2.05, 4.69) is 50.2 Å². The van der Waals surface area contributed by atoms with Crippen LogP contribution in [0.4, 0.5) is 48.3 Å². The number of thiol groups is 1. The third-order valence-corrected chi connectivity index (χ3v) is 24.3. The SMILES string of the molecule is CCOP(=O)(CC#N)OCC.CCOP(=O)(Cc1ccc(F)cc1C#N)OCC.CCOP(OCC)OCC.COCCOC.Cc1ccc(F)cc1C#N.N#Cc1cc(F)ccc1/C=C/c1ccc(F)cc1.N#Cc1cc(F)ccc1CBr.N#Cc1cc(F)ccc1CCc1ccc(F)cc1.O=C(O)c1cc(F)ccc1CCc1ccc(F)cc1.O=C1c2cc(F)ccc2CCc2ccc(F)cc21.[B]=NS.[H-].[Na+]. The van der Waals surface area contributed by atoms with Gasteiger partial charge in [0.1, 0.15) is 70.2 Å². The number of ketones is 1. The second-order valence-corrected chi connectivity index (χ2v) is 34.5. The zero-order valence-corrected chi connectivity index (χ0v) is 87.6. The summed E-state index contributed by atoms with van der Waals surface area (Å²) in [5.74, 6) is -5.84. The van der Waals surface area contributed by atoms with Crippen molar-refractivity contribution in [2.75, 3.05) is 79.8 Å². The third kappa shape index (κ3) is 52.2. The molecule has 1 aliphatic rings. The van der Waals surface area contributed by atoms with Gasteiger partial charge in [-0.3, -0.25) is 13.9 Å². The van der Waals surface area contributed by atoms with Crippen molar-refractivity contribution in [3.8, 4) is 36.4 Å². The second-order valence-electron chi connectivity index (χ2n) is 28.4. The molecule has 0 atom stereocenters. The van der Waals surface area contributed by atoms with Crippen molar-refractivity contribution >= 4 is 84.1 Å². The van der Waals surface area contributed by atoms with Gasteiger partial charge >= 0.3 is 84.1 Å². The van der Waals surface area contributed by atoms with E-state index in [1.807, 2.05) is 51.1 Å². The third-order valence-electron chi connectivity index (χ3n) is 18.4. The number of hydrogen-bond donors (Lipinski definition) is 2. The van der Waals surface area contributed by atoms with Crippen LogP contribution in [0.2, 0.25) is 0 Å². The van der Waals surface area contributed by atoms with E-state index in [1.165, 1.54) is 140 Å². The Balaban J connectivity index is 0.00000159. The summed E-state index contributed by atoms with van der Waals surface area (Å²) in [6.45, 7) is 18.8. The summed E-state index contributed by atoms with van der Waals surface area (Å²) in [6.07, 6.45) is 6.94. The molecule has 0 bridgehead atoms. The van der Waals surface area contributed by atoms with Crippen molar-refractivity contribution in [1.29, 1.82) is 31.6 Å². The van der Waals surface area contributed by atoms with Crippen molar-refractivity contribution in [2.24, 2.45) is 4.30 Å². The maximum absolute atomic E-state index is 13.2. The van der Waals surface area contributed by atoms with Crippen molar-refractivity contribution in [3.05, 3.63) is 388 Å². The van der Waals surface area contributed by atoms with Crippen LogP contribution in [0.15, 0.2) is 223 Å². The maximum atomic E-state index is 13.2. The van der Waals surface area contributed by atoms with Gasteiger partial charge in [-0.05, 0) is 289 Å². The molecule has 0 aromatic heterocycles. The Morgan fingerprint density at radius 1 is 0.441 bits per heavy atom. The Bertz CT molecular complexity index is 6100. The molecular weight excluding hydrogens is 2020 g/mol. The standard InChI is InChI=1S/C15H11F2N.C15H9F2N.C15H12F2O2.C15H10F2O.C12H15FNO3P.C8H5BrFN.C8H6FN.C6H12NO3P.C6H15O3P.C4H10O2.BHNS.Na.H/c2*16-14-6-2-11(3-7-14)1-4-12-5-8-15(17)9-13(12)10-18;16-12-6-2-10(3-7-12)1-4-11-5-8-13(17)9-14(11)15(18)19;16-11-5-3-9-1-2-10-4-6-12(17)8-14(10)15(18)13(9)7-11;1-3-16-18(15,17-4-2)9-10-5-6-12(13)7-11(10)8-14;9-4-6-1-2-8(10)3-7(6)5-11;1-6-2-3-8(9)4-7(6)5-10;1-3-9-11(8,6-5-7)10-4-2;1-4-7-10(8-5-2)9-6-3;1-5-3-4-6-2;1-2-3;;/h2-3,5-9H,1,4H2;1-9H;2-3,5-9H,1,4H2,(H,18,19);3-8H,1-2H2;5-7H,3-4,9H2,1-2H3;1-3H,4H2;2-4H,1H3;3-4,6H2,1-2H3;4-6H2,1-3H3;3-4H2,1-2H3;3H;;/q;;;;;;;;;;;+1;-1/b;4-1+;;;;;;;;;;;. The Morgan fingerprint density at radius 2 is 0.769 bits per heavy atom. The van der Waals surface area contributed by atoms with Gasteiger partial charge in [-0.15, -0.1) is 0 Å². The molecule has 751 valence electrons. The molecule has 0 spiro atoms. The molecule has 143 heavy (non-hydrogen) atoms. The average Bonchev–Trinajstić information content (AvgIpc) is 1.65. The summed E-state index contributed by atoms with van der Waals surface area (Å²) in [4.78, 5) is 23.3. The number of fused-ring (bicyclic) bond motifs is 2. The van der Waals surface area contributed by atoms with E-state index >= 15 is 0 Å². The number of carboxylic acids is 1. The monoisotopic (exact) mass is 2120 g/mol. The van der Waals surface area contributed by atoms with Crippen LogP contribution in [0.5, 0.6) is 0 Å². The fourth-order valence-corrected chi connectivity index (χ4v) is 16.1. The van der Waals surface area contributed by atoms with Crippen LogP contribution >= 0.6 is 52.5 Å². The van der Waals surface area contributed by atoms with Crippen LogP contribution in [-0.2, 0) is 100 Å². The minimum atomic E-state index is -3.27. The van der Waals surface area contributed by atoms with E-state index in [0.29, 0.717) is 135 Å². The number of aromatic carboxylic acids is 1. The first-order valence-electron chi connectivity index (χ1n) is 43.4. The summed E-state index contributed by atoms with van der Waals surface area (Å²) in [7, 11) is 0.229. The Labute approximate surface area is 867 Å². The van der Waals surface area contributed by atoms with E-state index in [-0.39, 0.29) is 108 Å². The predicted molar refractivity (Wildman–Crippen MR) is 533 cm³/mol. The first-order chi connectivity index (χ1) is 68.0. The van der Waals surface area contributed by atoms with Crippen molar-refractivity contribution in [3.63, 3.8) is 0 Å². The molecule has 1 aliphatic carbocycles. The largest absolute Gasteiger partial charge is 1.00 e. The van der Waals surface area contributed by atoms with Gasteiger partial charge in [0.25, 0.3) is 0 Å². The Morgan fingerprint density at radius 3 is 1.15 bits per heavy atom. The van der Waals surface area contributed by atoms with Crippen molar-refractivity contribution < 1.29 is 144 Å². The number of methoxy groups -OCH3 is 2. The first kappa shape index (κ1) is 130. The van der Waals surface area contributed by atoms with Crippen LogP contribution in [0.3, 0.4) is 0 Å². The van der Waals surface area contributed by atoms with Gasteiger partial charge in [0.2, 0.25) is 0 Å². The molecule has 0 aliphatic heterocycles. The normalized spacial score (nSPS) is 10.5. The summed E-state index contributed by atoms with van der Waals surface area (Å²) in [6, 6.07) is 62.1. The van der Waals surface area contributed by atoms with Gasteiger partial charge in [-0.2, -0.15) is 31.6 Å². The number of carboxylic acid groups (broad SMARTS) is 1. The fourth-order valence-electron chi connectivity index (χ4n) is 11.8. The van der Waals surface area contributed by atoms with E-state index in [9.17, 15) is 67.0 Å². The van der Waals surface area contributed by atoms with Crippen LogP contribution in [0, 0.1) is 139 Å². The van der Waals surface area contributed by atoms with E-state index < -0.39 is 64.7 Å². The van der Waals surface area contributed by atoms with Gasteiger partial charge in [0, 0.05) is 30.7 Å². The van der Waals surface area contributed by atoms with Gasteiger partial charge in [0.05, 0.1) is 135 Å². The van der Waals surface area contributed by atoms with Crippen molar-refractivity contribution in [2.45, 2.75) is 105 Å². The Kier molecular flexibility index (Phi) is 67.6. The molecule has 0 fully saturated rings. The molecule has 1 radical (unpaired) electrons. The molecule has 0 unspecified atom stereocenters. The first-order valence-corrected chi connectivity index (χ1v) is 49.5. The molecule has 11 aromatic rings. The van der Waals surface area contributed by atoms with E-state index in [4.69, 9.17) is 68.3 Å². The number of carbonyl (C=O) groups is 2. The second kappa shape index (κ2) is 74.6. The molecule has 1 N–H and O–H groups in total. The number of rotatable bonds is 30. The summed E-state index contributed by atoms with van der Waals surface area (Å²) < 4.78 is 212. The zero-order valence-electron chi connectivity index (χ0n) is 81.5.